The van der Waals surface area contributed by atoms with Gasteiger partial charge in [-0.25, -0.2) is 18.6 Å². The maximum Gasteiger partial charge on any atom is 0.420 e. The monoisotopic (exact) mass is 363 g/mol. The van der Waals surface area contributed by atoms with Crippen LogP contribution in [0, 0.1) is 11.6 Å². The molecule has 25 heavy (non-hydrogen) atoms. The molecule has 8 heteroatoms. The third kappa shape index (κ3) is 4.42. The molecule has 0 atom stereocenters. The van der Waals surface area contributed by atoms with Crippen LogP contribution in [0.1, 0.15) is 18.1 Å². The van der Waals surface area contributed by atoms with Gasteiger partial charge in [0.05, 0.1) is 6.54 Å². The molecule has 0 aliphatic rings. The molecule has 2 aromatic heterocycles. The summed E-state index contributed by atoms with van der Waals surface area (Å²) in [7, 11) is 0. The number of hydrogen-bond acceptors (Lipinski definition) is 4. The molecular weight excluding hydrogens is 348 g/mol. The van der Waals surface area contributed by atoms with Gasteiger partial charge < -0.3 is 9.30 Å². The number of carbonyl (C=O) groups is 1. The van der Waals surface area contributed by atoms with Crippen molar-refractivity contribution in [3.8, 4) is 5.88 Å². The van der Waals surface area contributed by atoms with Gasteiger partial charge in [-0.05, 0) is 29.7 Å². The topological polar surface area (TPSA) is 56.1 Å². The Kier molecular flexibility index (Phi) is 5.08. The number of hydrogen-bond donors (Lipinski definition) is 1. The molecule has 0 aliphatic carbocycles. The third-order valence-corrected chi connectivity index (χ3v) is 4.12. The van der Waals surface area contributed by atoms with Crippen LogP contribution in [0.2, 0.25) is 0 Å². The Bertz CT molecular complexity index is 858. The highest BCUT2D eigenvalue weighted by atomic mass is 32.1. The van der Waals surface area contributed by atoms with Crippen molar-refractivity contribution in [2.24, 2.45) is 0 Å². The maximum absolute atomic E-state index is 13.4. The molecule has 0 fully saturated rings. The fraction of sp³-hybridized carbons (Fsp3) is 0.176. The van der Waals surface area contributed by atoms with E-state index >= 15 is 0 Å². The third-order valence-electron chi connectivity index (χ3n) is 3.44. The van der Waals surface area contributed by atoms with Gasteiger partial charge in [0.2, 0.25) is 5.88 Å². The number of halogens is 2. The molecule has 0 saturated carbocycles. The molecule has 5 nitrogen and oxygen atoms in total. The Morgan fingerprint density at radius 2 is 2.00 bits per heavy atom. The van der Waals surface area contributed by atoms with Crippen LogP contribution in [0.4, 0.5) is 18.7 Å². The van der Waals surface area contributed by atoms with Gasteiger partial charge in [-0.1, -0.05) is 6.92 Å². The van der Waals surface area contributed by atoms with E-state index in [0.717, 1.165) is 18.1 Å². The lowest BCUT2D eigenvalue weighted by molar-refractivity contribution is 0.211. The fourth-order valence-corrected chi connectivity index (χ4v) is 2.85. The molecular formula is C17H15F2N3O2S. The van der Waals surface area contributed by atoms with Crippen molar-refractivity contribution in [3.05, 3.63) is 64.8 Å². The summed E-state index contributed by atoms with van der Waals surface area (Å²) in [6, 6.07) is 5.02. The molecule has 3 rings (SSSR count). The van der Waals surface area contributed by atoms with Crippen molar-refractivity contribution in [3.63, 3.8) is 0 Å². The van der Waals surface area contributed by atoms with E-state index in [1.165, 1.54) is 23.5 Å². The summed E-state index contributed by atoms with van der Waals surface area (Å²) < 4.78 is 33.7. The van der Waals surface area contributed by atoms with Crippen molar-refractivity contribution in [2.75, 3.05) is 5.32 Å². The Labute approximate surface area is 146 Å². The average Bonchev–Trinajstić information content (AvgIpc) is 3.16. The van der Waals surface area contributed by atoms with Crippen LogP contribution >= 0.6 is 11.3 Å². The first-order chi connectivity index (χ1) is 12.0. The van der Waals surface area contributed by atoms with Crippen LogP contribution in [-0.4, -0.2) is 15.6 Å². The van der Waals surface area contributed by atoms with Crippen molar-refractivity contribution >= 4 is 22.6 Å². The summed E-state index contributed by atoms with van der Waals surface area (Å²) in [5.41, 5.74) is 1.37. The zero-order valence-corrected chi connectivity index (χ0v) is 14.1. The maximum atomic E-state index is 13.4. The largest absolute Gasteiger partial charge is 0.420 e. The minimum Gasteiger partial charge on any atom is -0.393 e. The number of thiazole rings is 1. The van der Waals surface area contributed by atoms with E-state index in [4.69, 9.17) is 4.74 Å². The Hall–Kier alpha value is -2.74. The number of ether oxygens (including phenoxy) is 1. The lowest BCUT2D eigenvalue weighted by Crippen LogP contribution is -2.18. The Morgan fingerprint density at radius 1 is 1.24 bits per heavy atom. The standard InChI is InChI=1S/C17H15F2N3O2S/c1-2-11-7-15(24-17(23)21-16-20-3-4-25-16)22(9-11)10-12-5-13(18)8-14(19)6-12/h3-9H,2,10H2,1H3,(H,20,21,23). The van der Waals surface area contributed by atoms with Gasteiger partial charge in [-0.2, -0.15) is 0 Å². The van der Waals surface area contributed by atoms with E-state index < -0.39 is 17.7 Å². The first kappa shape index (κ1) is 17.1. The smallest absolute Gasteiger partial charge is 0.393 e. The molecule has 0 radical (unpaired) electrons. The van der Waals surface area contributed by atoms with E-state index in [1.807, 2.05) is 6.92 Å². The molecule has 1 amide bonds. The van der Waals surface area contributed by atoms with Crippen molar-refractivity contribution in [2.45, 2.75) is 19.9 Å². The molecule has 0 aliphatic heterocycles. The molecule has 3 aromatic rings. The lowest BCUT2D eigenvalue weighted by Gasteiger charge is -2.10. The van der Waals surface area contributed by atoms with Crippen LogP contribution in [0.5, 0.6) is 5.88 Å². The first-order valence-electron chi connectivity index (χ1n) is 7.56. The summed E-state index contributed by atoms with van der Waals surface area (Å²) in [6.45, 7) is 2.13. The Balaban J connectivity index is 1.79. The molecule has 0 saturated heterocycles. The zero-order valence-electron chi connectivity index (χ0n) is 13.3. The van der Waals surface area contributed by atoms with Crippen LogP contribution in [0.25, 0.3) is 0 Å². The van der Waals surface area contributed by atoms with Gasteiger partial charge in [0.15, 0.2) is 5.13 Å². The van der Waals surface area contributed by atoms with Gasteiger partial charge in [0, 0.05) is 29.9 Å². The second-order valence-electron chi connectivity index (χ2n) is 5.30. The molecule has 1 N–H and O–H groups in total. The zero-order chi connectivity index (χ0) is 17.8. The van der Waals surface area contributed by atoms with Gasteiger partial charge in [0.25, 0.3) is 0 Å². The van der Waals surface area contributed by atoms with Gasteiger partial charge in [0.1, 0.15) is 11.6 Å². The number of aryl methyl sites for hydroxylation is 1. The van der Waals surface area contributed by atoms with Crippen molar-refractivity contribution < 1.29 is 18.3 Å². The minimum absolute atomic E-state index is 0.175. The highest BCUT2D eigenvalue weighted by Crippen LogP contribution is 2.21. The van der Waals surface area contributed by atoms with E-state index in [-0.39, 0.29) is 12.4 Å². The minimum atomic E-state index is -0.678. The number of nitrogens with one attached hydrogen (secondary N) is 1. The number of rotatable bonds is 5. The summed E-state index contributed by atoms with van der Waals surface area (Å²) in [6.07, 6.45) is 3.41. The number of amides is 1. The molecule has 0 bridgehead atoms. The predicted octanol–water partition coefficient (Wildman–Crippen LogP) is 4.44. The van der Waals surface area contributed by atoms with Crippen LogP contribution in [0.3, 0.4) is 0 Å². The van der Waals surface area contributed by atoms with Gasteiger partial charge >= 0.3 is 6.09 Å². The number of anilines is 1. The van der Waals surface area contributed by atoms with Crippen LogP contribution < -0.4 is 10.1 Å². The van der Waals surface area contributed by atoms with E-state index in [0.29, 0.717) is 10.7 Å². The molecule has 1 aromatic carbocycles. The van der Waals surface area contributed by atoms with Crippen molar-refractivity contribution in [1.82, 2.24) is 9.55 Å². The number of benzene rings is 1. The molecule has 130 valence electrons. The number of carbonyl (C=O) groups excluding carboxylic acids is 1. The second-order valence-corrected chi connectivity index (χ2v) is 6.19. The fourth-order valence-electron chi connectivity index (χ4n) is 2.34. The highest BCUT2D eigenvalue weighted by Gasteiger charge is 2.13. The Morgan fingerprint density at radius 3 is 2.64 bits per heavy atom. The van der Waals surface area contributed by atoms with Crippen LogP contribution in [0.15, 0.2) is 42.0 Å². The second kappa shape index (κ2) is 7.43. The highest BCUT2D eigenvalue weighted by molar-refractivity contribution is 7.13. The number of aromatic nitrogens is 2. The quantitative estimate of drug-likeness (QED) is 0.729. The normalized spacial score (nSPS) is 10.7. The van der Waals surface area contributed by atoms with E-state index in [2.05, 4.69) is 10.3 Å². The summed E-state index contributed by atoms with van der Waals surface area (Å²) in [4.78, 5) is 15.9. The molecule has 0 spiro atoms. The summed E-state index contributed by atoms with van der Waals surface area (Å²) in [5, 5.41) is 4.67. The van der Waals surface area contributed by atoms with Gasteiger partial charge in [-0.3, -0.25) is 5.32 Å². The van der Waals surface area contributed by atoms with Gasteiger partial charge in [-0.15, -0.1) is 11.3 Å². The molecule has 0 unspecified atom stereocenters. The van der Waals surface area contributed by atoms with Crippen LogP contribution in [-0.2, 0) is 13.0 Å². The van der Waals surface area contributed by atoms with E-state index in [9.17, 15) is 13.6 Å². The SMILES string of the molecule is CCc1cc(OC(=O)Nc2nccs2)n(Cc2cc(F)cc(F)c2)c1. The molecule has 2 heterocycles. The summed E-state index contributed by atoms with van der Waals surface area (Å²) in [5.74, 6) is -1.01. The predicted molar refractivity (Wildman–Crippen MR) is 91.0 cm³/mol. The lowest BCUT2D eigenvalue weighted by atomic mass is 10.2. The number of nitrogens with zero attached hydrogens (tertiary/aromatic N) is 2. The first-order valence-corrected chi connectivity index (χ1v) is 8.44. The summed E-state index contributed by atoms with van der Waals surface area (Å²) >= 11 is 1.27. The van der Waals surface area contributed by atoms with E-state index in [1.54, 1.807) is 28.4 Å². The average molecular weight is 363 g/mol. The van der Waals surface area contributed by atoms with Crippen molar-refractivity contribution in [1.29, 1.82) is 0 Å².